The minimum atomic E-state index is -4.30. The highest BCUT2D eigenvalue weighted by Crippen LogP contribution is 2.29. The Kier molecular flexibility index (Phi) is 5.55. The molecule has 0 aromatic heterocycles. The van der Waals surface area contributed by atoms with Crippen LogP contribution in [-0.2, 0) is 17.0 Å². The summed E-state index contributed by atoms with van der Waals surface area (Å²) in [4.78, 5) is 0. The third kappa shape index (κ3) is 5.32. The largest absolute Gasteiger partial charge is 0.416 e. The van der Waals surface area contributed by atoms with E-state index in [1.54, 1.807) is 6.26 Å². The lowest BCUT2D eigenvalue weighted by molar-refractivity contribution is -0.137. The van der Waals surface area contributed by atoms with E-state index in [1.165, 1.54) is 12.1 Å². The van der Waals surface area contributed by atoms with Gasteiger partial charge in [0.2, 0.25) is 0 Å². The second-order valence-electron chi connectivity index (χ2n) is 4.65. The van der Waals surface area contributed by atoms with Crippen LogP contribution < -0.4 is 5.32 Å². The molecule has 0 spiro atoms. The van der Waals surface area contributed by atoms with E-state index in [4.69, 9.17) is 0 Å². The summed E-state index contributed by atoms with van der Waals surface area (Å²) < 4.78 is 48.3. The summed E-state index contributed by atoms with van der Waals surface area (Å²) in [6.45, 7) is 3.78. The first-order chi connectivity index (χ1) is 8.70. The topological polar surface area (TPSA) is 29.1 Å². The summed E-state index contributed by atoms with van der Waals surface area (Å²) >= 11 is 0. The molecule has 19 heavy (non-hydrogen) atoms. The van der Waals surface area contributed by atoms with E-state index in [0.717, 1.165) is 17.7 Å². The van der Waals surface area contributed by atoms with Crippen LogP contribution in [0.25, 0.3) is 0 Å². The lowest BCUT2D eigenvalue weighted by Gasteiger charge is -2.20. The Labute approximate surface area is 113 Å². The fourth-order valence-corrected chi connectivity index (χ4v) is 2.68. The first kappa shape index (κ1) is 16.2. The molecule has 108 valence electrons. The van der Waals surface area contributed by atoms with Gasteiger partial charge in [-0.15, -0.1) is 0 Å². The Hall–Kier alpha value is -0.880. The molecule has 6 heteroatoms. The first-order valence-electron chi connectivity index (χ1n) is 5.93. The number of hydrogen-bond donors (Lipinski definition) is 1. The molecule has 0 heterocycles. The van der Waals surface area contributed by atoms with Crippen molar-refractivity contribution in [3.05, 3.63) is 35.4 Å². The maximum atomic E-state index is 12.4. The number of halogens is 3. The van der Waals surface area contributed by atoms with E-state index in [2.05, 4.69) is 5.32 Å². The van der Waals surface area contributed by atoms with Crippen molar-refractivity contribution in [3.8, 4) is 0 Å². The quantitative estimate of drug-likeness (QED) is 0.903. The standard InChI is InChI=1S/C13H18F3NOS/c1-9(8-19(3)18)17-10(2)11-4-6-12(7-5-11)13(14,15)16/h4-7,9-10,17H,8H2,1-3H3. The van der Waals surface area contributed by atoms with Gasteiger partial charge < -0.3 is 5.32 Å². The molecule has 1 aromatic carbocycles. The van der Waals surface area contributed by atoms with Crippen molar-refractivity contribution < 1.29 is 17.4 Å². The third-order valence-electron chi connectivity index (χ3n) is 2.76. The predicted molar refractivity (Wildman–Crippen MR) is 71.4 cm³/mol. The van der Waals surface area contributed by atoms with Gasteiger partial charge in [-0.2, -0.15) is 13.2 Å². The van der Waals surface area contributed by atoms with Crippen molar-refractivity contribution in [2.45, 2.75) is 32.1 Å². The lowest BCUT2D eigenvalue weighted by Crippen LogP contribution is -2.33. The van der Waals surface area contributed by atoms with Crippen LogP contribution in [0.2, 0.25) is 0 Å². The van der Waals surface area contributed by atoms with E-state index in [9.17, 15) is 17.4 Å². The van der Waals surface area contributed by atoms with E-state index < -0.39 is 22.5 Å². The number of alkyl halides is 3. The minimum absolute atomic E-state index is 0.0446. The smallest absolute Gasteiger partial charge is 0.307 e. The van der Waals surface area contributed by atoms with E-state index in [0.29, 0.717) is 5.75 Å². The SMILES string of the molecule is CC(CS(C)=O)NC(C)c1ccc(C(F)(F)F)cc1. The summed E-state index contributed by atoms with van der Waals surface area (Å²) in [7, 11) is -0.895. The van der Waals surface area contributed by atoms with Crippen molar-refractivity contribution in [2.24, 2.45) is 0 Å². The van der Waals surface area contributed by atoms with Crippen LogP contribution in [0, 0.1) is 0 Å². The average molecular weight is 293 g/mol. The molecule has 0 saturated heterocycles. The molecule has 3 atom stereocenters. The molecule has 0 aliphatic heterocycles. The Balaban J connectivity index is 2.68. The van der Waals surface area contributed by atoms with Crippen molar-refractivity contribution >= 4 is 10.8 Å². The van der Waals surface area contributed by atoms with Gasteiger partial charge in [-0.25, -0.2) is 0 Å². The van der Waals surface area contributed by atoms with E-state index in [1.807, 2.05) is 13.8 Å². The maximum absolute atomic E-state index is 12.4. The van der Waals surface area contributed by atoms with Gasteiger partial charge >= 0.3 is 6.18 Å². The molecular weight excluding hydrogens is 275 g/mol. The zero-order valence-electron chi connectivity index (χ0n) is 11.1. The molecule has 3 unspecified atom stereocenters. The van der Waals surface area contributed by atoms with Gasteiger partial charge in [0.1, 0.15) is 0 Å². The summed E-state index contributed by atoms with van der Waals surface area (Å²) in [5.74, 6) is 0.519. The Morgan fingerprint density at radius 1 is 1.21 bits per heavy atom. The minimum Gasteiger partial charge on any atom is -0.307 e. The summed E-state index contributed by atoms with van der Waals surface area (Å²) in [6, 6.07) is 5.06. The molecule has 1 rings (SSSR count). The van der Waals surface area contributed by atoms with Crippen LogP contribution in [-0.4, -0.2) is 22.3 Å². The molecule has 0 aliphatic carbocycles. The first-order valence-corrected chi connectivity index (χ1v) is 7.66. The van der Waals surface area contributed by atoms with Crippen LogP contribution in [0.3, 0.4) is 0 Å². The molecule has 0 fully saturated rings. The average Bonchev–Trinajstić information content (AvgIpc) is 2.26. The van der Waals surface area contributed by atoms with Gasteiger partial charge in [-0.1, -0.05) is 12.1 Å². The van der Waals surface area contributed by atoms with Crippen molar-refractivity contribution in [1.29, 1.82) is 0 Å². The van der Waals surface area contributed by atoms with Crippen LogP contribution in [0.1, 0.15) is 31.0 Å². The van der Waals surface area contributed by atoms with Crippen LogP contribution in [0.4, 0.5) is 13.2 Å². The molecular formula is C13H18F3NOS. The third-order valence-corrected chi connectivity index (χ3v) is 3.73. The second kappa shape index (κ2) is 6.52. The molecule has 0 aliphatic rings. The Bertz CT molecular complexity index is 431. The summed E-state index contributed by atoms with van der Waals surface area (Å²) in [6.07, 6.45) is -2.68. The summed E-state index contributed by atoms with van der Waals surface area (Å²) in [5, 5.41) is 3.21. The number of benzene rings is 1. The number of rotatable bonds is 5. The monoisotopic (exact) mass is 293 g/mol. The molecule has 0 saturated carbocycles. The normalized spacial score (nSPS) is 16.9. The fraction of sp³-hybridized carbons (Fsp3) is 0.538. The molecule has 0 radical (unpaired) electrons. The van der Waals surface area contributed by atoms with Gasteiger partial charge in [0.05, 0.1) is 5.56 Å². The highest BCUT2D eigenvalue weighted by Gasteiger charge is 2.30. The number of nitrogens with one attached hydrogen (secondary N) is 1. The molecule has 1 aromatic rings. The highest BCUT2D eigenvalue weighted by atomic mass is 32.2. The van der Waals surface area contributed by atoms with E-state index >= 15 is 0 Å². The summed E-state index contributed by atoms with van der Waals surface area (Å²) in [5.41, 5.74) is 0.132. The fourth-order valence-electron chi connectivity index (χ4n) is 1.88. The number of hydrogen-bond acceptors (Lipinski definition) is 2. The zero-order valence-corrected chi connectivity index (χ0v) is 11.9. The van der Waals surface area contributed by atoms with Gasteiger partial charge in [0.25, 0.3) is 0 Å². The van der Waals surface area contributed by atoms with Crippen LogP contribution in [0.15, 0.2) is 24.3 Å². The van der Waals surface area contributed by atoms with Gasteiger partial charge in [-0.05, 0) is 31.5 Å². The van der Waals surface area contributed by atoms with Crippen molar-refractivity contribution in [1.82, 2.24) is 5.32 Å². The molecule has 2 nitrogen and oxygen atoms in total. The predicted octanol–water partition coefficient (Wildman–Crippen LogP) is 3.12. The maximum Gasteiger partial charge on any atom is 0.416 e. The lowest BCUT2D eigenvalue weighted by atomic mass is 10.1. The van der Waals surface area contributed by atoms with Crippen molar-refractivity contribution in [2.75, 3.05) is 12.0 Å². The van der Waals surface area contributed by atoms with E-state index in [-0.39, 0.29) is 12.1 Å². The highest BCUT2D eigenvalue weighted by molar-refractivity contribution is 7.84. The Morgan fingerprint density at radius 3 is 2.16 bits per heavy atom. The second-order valence-corrected chi connectivity index (χ2v) is 6.13. The molecule has 1 N–H and O–H groups in total. The van der Waals surface area contributed by atoms with Gasteiger partial charge in [-0.3, -0.25) is 4.21 Å². The van der Waals surface area contributed by atoms with Crippen LogP contribution >= 0.6 is 0 Å². The Morgan fingerprint density at radius 2 is 1.74 bits per heavy atom. The van der Waals surface area contributed by atoms with Gasteiger partial charge in [0.15, 0.2) is 0 Å². The zero-order chi connectivity index (χ0) is 14.6. The van der Waals surface area contributed by atoms with Gasteiger partial charge in [0, 0.05) is 34.9 Å². The van der Waals surface area contributed by atoms with Crippen molar-refractivity contribution in [3.63, 3.8) is 0 Å². The van der Waals surface area contributed by atoms with Crippen LogP contribution in [0.5, 0.6) is 0 Å². The molecule has 0 bridgehead atoms. The molecule has 0 amide bonds.